The van der Waals surface area contributed by atoms with Crippen LogP contribution in [0.3, 0.4) is 0 Å². The molecule has 5 heteroatoms. The topological polar surface area (TPSA) is 75.5 Å². The molecule has 0 aromatic heterocycles. The number of rotatable bonds is 2. The Balaban J connectivity index is 0.00000121. The fourth-order valence-electron chi connectivity index (χ4n) is 0.776. The Hall–Kier alpha value is -0.485. The highest BCUT2D eigenvalue weighted by Gasteiger charge is 2.08. The number of benzene rings is 1. The molecule has 1 aromatic rings. The first-order valence-corrected chi connectivity index (χ1v) is 4.46. The van der Waals surface area contributed by atoms with Gasteiger partial charge in [-0.15, -0.1) is 11.8 Å². The lowest BCUT2D eigenvalue weighted by molar-refractivity contribution is 0.426. The van der Waals surface area contributed by atoms with Crippen molar-refractivity contribution < 1.29 is 10.0 Å². The van der Waals surface area contributed by atoms with Gasteiger partial charge in [0.05, 0.1) is 0 Å². The van der Waals surface area contributed by atoms with Crippen LogP contribution in [0.1, 0.15) is 0 Å². The lowest BCUT2D eigenvalue weighted by Crippen LogP contribution is -2.29. The third-order valence-corrected chi connectivity index (χ3v) is 2.16. The van der Waals surface area contributed by atoms with Crippen molar-refractivity contribution in [2.45, 2.75) is 4.90 Å². The van der Waals surface area contributed by atoms with Crippen LogP contribution in [0.25, 0.3) is 0 Å². The van der Waals surface area contributed by atoms with Crippen LogP contribution in [0, 0.1) is 0 Å². The Morgan fingerprint density at radius 3 is 2.00 bits per heavy atom. The monoisotopic (exact) mass is 185 g/mol. The van der Waals surface area contributed by atoms with Crippen molar-refractivity contribution in [1.29, 1.82) is 0 Å². The highest BCUT2D eigenvalue weighted by Crippen LogP contribution is 2.11. The Kier molecular flexibility index (Phi) is 5.00. The molecule has 66 valence electrons. The van der Waals surface area contributed by atoms with Gasteiger partial charge in [-0.05, 0) is 23.9 Å². The molecule has 0 aliphatic carbocycles. The first-order valence-electron chi connectivity index (χ1n) is 3.24. The summed E-state index contributed by atoms with van der Waals surface area (Å²) in [5, 5.41) is 17.5. The molecule has 0 amide bonds. The van der Waals surface area contributed by atoms with Gasteiger partial charge in [-0.25, -0.2) is 0 Å². The molecule has 0 unspecified atom stereocenters. The van der Waals surface area contributed by atoms with Crippen molar-refractivity contribution in [2.24, 2.45) is 0 Å². The molecule has 0 saturated carbocycles. The summed E-state index contributed by atoms with van der Waals surface area (Å²) in [5.41, 5.74) is 0.530. The molecule has 12 heavy (non-hydrogen) atoms. The number of thioether (sulfide) groups is 1. The van der Waals surface area contributed by atoms with Gasteiger partial charge in [-0.1, -0.05) is 12.1 Å². The Bertz CT molecular complexity index is 227. The molecule has 0 saturated heterocycles. The number of hydrogen-bond donors (Lipinski definition) is 3. The first kappa shape index (κ1) is 11.5. The maximum absolute atomic E-state index is 8.74. The van der Waals surface area contributed by atoms with E-state index in [9.17, 15) is 0 Å². The van der Waals surface area contributed by atoms with E-state index in [2.05, 4.69) is 0 Å². The van der Waals surface area contributed by atoms with Crippen molar-refractivity contribution in [2.75, 3.05) is 6.26 Å². The van der Waals surface area contributed by atoms with E-state index in [4.69, 9.17) is 10.0 Å². The van der Waals surface area contributed by atoms with E-state index in [1.807, 2.05) is 18.4 Å². The normalized spacial score (nSPS) is 8.92. The molecule has 1 aromatic carbocycles. The number of hydrogen-bond acceptors (Lipinski definition) is 4. The van der Waals surface area contributed by atoms with Gasteiger partial charge in [0.2, 0.25) is 0 Å². The minimum atomic E-state index is -1.36. The average Bonchev–Trinajstić information content (AvgIpc) is 2.05. The summed E-state index contributed by atoms with van der Waals surface area (Å²) in [6, 6.07) is 7.13. The van der Waals surface area contributed by atoms with Crippen LogP contribution in [0.15, 0.2) is 29.2 Å². The summed E-state index contributed by atoms with van der Waals surface area (Å²) < 4.78 is 0. The molecule has 3 nitrogen and oxygen atoms in total. The van der Waals surface area contributed by atoms with Crippen LogP contribution < -0.4 is 11.6 Å². The fraction of sp³-hybridized carbons (Fsp3) is 0.143. The highest BCUT2D eigenvalue weighted by atomic mass is 32.2. The Morgan fingerprint density at radius 2 is 1.67 bits per heavy atom. The second-order valence-electron chi connectivity index (χ2n) is 2.15. The molecular formula is C7H12BNO2S. The standard InChI is InChI=1S/C7H9BO2S.H3N/c1-11-7-4-2-6(3-5-7)8(9)10;/h2-5,9-10H,1H3;1H3. The van der Waals surface area contributed by atoms with E-state index in [0.29, 0.717) is 5.46 Å². The van der Waals surface area contributed by atoms with E-state index in [1.165, 1.54) is 0 Å². The van der Waals surface area contributed by atoms with Gasteiger partial charge in [-0.2, -0.15) is 0 Å². The summed E-state index contributed by atoms with van der Waals surface area (Å²) in [7, 11) is -1.36. The smallest absolute Gasteiger partial charge is 0.423 e. The van der Waals surface area contributed by atoms with Crippen molar-refractivity contribution in [3.63, 3.8) is 0 Å². The molecule has 1 rings (SSSR count). The van der Waals surface area contributed by atoms with E-state index in [0.717, 1.165) is 4.90 Å². The van der Waals surface area contributed by atoms with Crippen LogP contribution in [0.4, 0.5) is 0 Å². The van der Waals surface area contributed by atoms with E-state index in [-0.39, 0.29) is 6.15 Å². The lowest BCUT2D eigenvalue weighted by atomic mass is 9.81. The Labute approximate surface area is 76.5 Å². The minimum absolute atomic E-state index is 0. The fourth-order valence-corrected chi connectivity index (χ4v) is 1.18. The van der Waals surface area contributed by atoms with Gasteiger partial charge >= 0.3 is 7.12 Å². The second kappa shape index (κ2) is 5.21. The third kappa shape index (κ3) is 2.87. The molecule has 0 spiro atoms. The van der Waals surface area contributed by atoms with E-state index < -0.39 is 7.12 Å². The van der Waals surface area contributed by atoms with Gasteiger partial charge in [-0.3, -0.25) is 0 Å². The van der Waals surface area contributed by atoms with E-state index >= 15 is 0 Å². The largest absolute Gasteiger partial charge is 0.488 e. The summed E-state index contributed by atoms with van der Waals surface area (Å²) in [6.07, 6.45) is 1.98. The molecule has 0 aliphatic rings. The van der Waals surface area contributed by atoms with Crippen molar-refractivity contribution in [3.8, 4) is 0 Å². The molecule has 0 aliphatic heterocycles. The first-order chi connectivity index (χ1) is 5.24. The van der Waals surface area contributed by atoms with Gasteiger partial charge in [0.25, 0.3) is 0 Å². The molecule has 0 atom stereocenters. The molecule has 0 fully saturated rings. The maximum Gasteiger partial charge on any atom is 0.488 e. The molecule has 0 heterocycles. The van der Waals surface area contributed by atoms with Gasteiger partial charge in [0.15, 0.2) is 0 Å². The predicted molar refractivity (Wildman–Crippen MR) is 53.1 cm³/mol. The summed E-state index contributed by atoms with van der Waals surface area (Å²) in [4.78, 5) is 1.12. The van der Waals surface area contributed by atoms with Crippen LogP contribution in [-0.2, 0) is 0 Å². The van der Waals surface area contributed by atoms with Crippen LogP contribution in [-0.4, -0.2) is 23.4 Å². The third-order valence-electron chi connectivity index (χ3n) is 1.41. The average molecular weight is 185 g/mol. The highest BCUT2D eigenvalue weighted by molar-refractivity contribution is 7.98. The summed E-state index contributed by atoms with van der Waals surface area (Å²) in [5.74, 6) is 0. The summed E-state index contributed by atoms with van der Waals surface area (Å²) in [6.45, 7) is 0. The van der Waals surface area contributed by atoms with E-state index in [1.54, 1.807) is 23.9 Å². The van der Waals surface area contributed by atoms with Crippen LogP contribution >= 0.6 is 11.8 Å². The van der Waals surface area contributed by atoms with Crippen LogP contribution in [0.5, 0.6) is 0 Å². The summed E-state index contributed by atoms with van der Waals surface area (Å²) >= 11 is 1.63. The zero-order valence-electron chi connectivity index (χ0n) is 6.90. The molecule has 5 N–H and O–H groups in total. The van der Waals surface area contributed by atoms with Gasteiger partial charge in [0, 0.05) is 4.90 Å². The SMILES string of the molecule is CSc1ccc(B(O)O)cc1.N. The van der Waals surface area contributed by atoms with Gasteiger partial charge < -0.3 is 16.2 Å². The quantitative estimate of drug-likeness (QED) is 0.456. The van der Waals surface area contributed by atoms with Crippen molar-refractivity contribution in [3.05, 3.63) is 24.3 Å². The lowest BCUT2D eigenvalue weighted by Gasteiger charge is -1.99. The maximum atomic E-state index is 8.74. The van der Waals surface area contributed by atoms with Crippen molar-refractivity contribution in [1.82, 2.24) is 6.15 Å². The molecule has 0 bridgehead atoms. The minimum Gasteiger partial charge on any atom is -0.423 e. The zero-order chi connectivity index (χ0) is 8.27. The zero-order valence-corrected chi connectivity index (χ0v) is 7.71. The van der Waals surface area contributed by atoms with Gasteiger partial charge in [0.1, 0.15) is 0 Å². The molecule has 0 radical (unpaired) electrons. The molecular weight excluding hydrogens is 173 g/mol. The second-order valence-corrected chi connectivity index (χ2v) is 3.03. The Morgan fingerprint density at radius 1 is 1.17 bits per heavy atom. The predicted octanol–water partition coefficient (Wildman–Crippen LogP) is 0.250. The van der Waals surface area contributed by atoms with Crippen molar-refractivity contribution >= 4 is 24.3 Å². The van der Waals surface area contributed by atoms with Crippen LogP contribution in [0.2, 0.25) is 0 Å².